The molecule has 1 rings (SSSR count). The lowest BCUT2D eigenvalue weighted by atomic mass is 10.1. The van der Waals surface area contributed by atoms with Crippen LogP contribution in [0.25, 0.3) is 0 Å². The van der Waals surface area contributed by atoms with Gasteiger partial charge in [0.05, 0.1) is 0 Å². The van der Waals surface area contributed by atoms with Crippen LogP contribution in [0.2, 0.25) is 5.02 Å². The first-order valence-corrected chi connectivity index (χ1v) is 6.57. The summed E-state index contributed by atoms with van der Waals surface area (Å²) in [6.45, 7) is 0. The lowest BCUT2D eigenvalue weighted by molar-refractivity contribution is -0.136. The van der Waals surface area contributed by atoms with E-state index in [2.05, 4.69) is 15.9 Å². The third-order valence-corrected chi connectivity index (χ3v) is 3.14. The van der Waals surface area contributed by atoms with Gasteiger partial charge in [-0.15, -0.1) is 0 Å². The Balaban J connectivity index is 2.35. The number of carboxylic acid groups (broad SMARTS) is 1. The Hall–Kier alpha value is -0.800. The molecule has 1 aromatic rings. The maximum Gasteiger partial charge on any atom is 0.303 e. The average Bonchev–Trinajstić information content (AvgIpc) is 2.27. The van der Waals surface area contributed by atoms with E-state index in [-0.39, 0.29) is 6.42 Å². The maximum absolute atomic E-state index is 10.3. The third kappa shape index (κ3) is 5.89. The van der Waals surface area contributed by atoms with E-state index >= 15 is 0 Å². The molecule has 0 saturated carbocycles. The van der Waals surface area contributed by atoms with Crippen LogP contribution in [-0.2, 0) is 11.2 Å². The first-order chi connectivity index (χ1) is 8.09. The Morgan fingerprint density at radius 2 is 2.06 bits per heavy atom. The molecular weight excluding hydrogens is 303 g/mol. The summed E-state index contributed by atoms with van der Waals surface area (Å²) < 4.78 is 1.02. The van der Waals surface area contributed by atoms with E-state index in [4.69, 9.17) is 16.7 Å². The zero-order chi connectivity index (χ0) is 12.7. The van der Waals surface area contributed by atoms with Crippen LogP contribution in [0.4, 0.5) is 0 Å². The van der Waals surface area contributed by atoms with E-state index in [1.165, 1.54) is 0 Å². The van der Waals surface area contributed by atoms with E-state index in [0.717, 1.165) is 27.9 Å². The van der Waals surface area contributed by atoms with Gasteiger partial charge in [0.2, 0.25) is 0 Å². The second-order valence-corrected chi connectivity index (χ2v) is 5.00. The summed E-state index contributed by atoms with van der Waals surface area (Å²) in [5.74, 6) is -0.760. The summed E-state index contributed by atoms with van der Waals surface area (Å²) in [5.41, 5.74) is 1.10. The highest BCUT2D eigenvalue weighted by molar-refractivity contribution is 9.10. The Kier molecular flexibility index (Phi) is 6.30. The van der Waals surface area contributed by atoms with Crippen molar-refractivity contribution < 1.29 is 9.90 Å². The molecule has 0 aromatic heterocycles. The van der Waals surface area contributed by atoms with Gasteiger partial charge in [0.25, 0.3) is 0 Å². The maximum atomic E-state index is 10.3. The summed E-state index contributed by atoms with van der Waals surface area (Å²) >= 11 is 9.46. The molecular formula is C13H14BrClO2. The monoisotopic (exact) mass is 316 g/mol. The number of halogens is 2. The number of benzene rings is 1. The standard InChI is InChI=1S/C13H14BrClO2/c14-11-7-8-12(15)10(9-11)5-3-1-2-4-6-13(16)17/h1-2,7-9H,3-6H2,(H,16,17). The van der Waals surface area contributed by atoms with Gasteiger partial charge in [-0.05, 0) is 43.0 Å². The molecule has 4 heteroatoms. The molecule has 0 saturated heterocycles. The minimum absolute atomic E-state index is 0.189. The molecule has 0 radical (unpaired) electrons. The minimum Gasteiger partial charge on any atom is -0.481 e. The van der Waals surface area contributed by atoms with Crippen LogP contribution in [-0.4, -0.2) is 11.1 Å². The van der Waals surface area contributed by atoms with E-state index in [9.17, 15) is 4.79 Å². The summed E-state index contributed by atoms with van der Waals surface area (Å²) in [6, 6.07) is 5.79. The second kappa shape index (κ2) is 7.51. The molecule has 0 bridgehead atoms. The SMILES string of the molecule is O=C(O)CCC=CCCc1cc(Br)ccc1Cl. The second-order valence-electron chi connectivity index (χ2n) is 3.68. The average molecular weight is 318 g/mol. The van der Waals surface area contributed by atoms with Crippen LogP contribution in [0.1, 0.15) is 24.8 Å². The smallest absolute Gasteiger partial charge is 0.303 e. The first-order valence-electron chi connectivity index (χ1n) is 5.40. The van der Waals surface area contributed by atoms with Gasteiger partial charge in [0, 0.05) is 15.9 Å². The van der Waals surface area contributed by atoms with Gasteiger partial charge in [0.1, 0.15) is 0 Å². The largest absolute Gasteiger partial charge is 0.481 e. The minimum atomic E-state index is -0.760. The van der Waals surface area contributed by atoms with Crippen LogP contribution >= 0.6 is 27.5 Å². The van der Waals surface area contributed by atoms with Crippen LogP contribution in [0.5, 0.6) is 0 Å². The highest BCUT2D eigenvalue weighted by Crippen LogP contribution is 2.22. The van der Waals surface area contributed by atoms with Crippen molar-refractivity contribution in [2.75, 3.05) is 0 Å². The van der Waals surface area contributed by atoms with Crippen molar-refractivity contribution in [1.82, 2.24) is 0 Å². The molecule has 0 unspecified atom stereocenters. The fourth-order valence-corrected chi connectivity index (χ4v) is 2.04. The van der Waals surface area contributed by atoms with Crippen molar-refractivity contribution in [1.29, 1.82) is 0 Å². The Bertz CT molecular complexity index is 416. The van der Waals surface area contributed by atoms with Gasteiger partial charge in [-0.25, -0.2) is 0 Å². The van der Waals surface area contributed by atoms with E-state index in [1.54, 1.807) is 0 Å². The normalized spacial score (nSPS) is 10.9. The summed E-state index contributed by atoms with van der Waals surface area (Å²) in [4.78, 5) is 10.3. The zero-order valence-electron chi connectivity index (χ0n) is 9.33. The van der Waals surface area contributed by atoms with Gasteiger partial charge < -0.3 is 5.11 Å². The molecule has 1 N–H and O–H groups in total. The summed E-state index contributed by atoms with van der Waals surface area (Å²) in [5, 5.41) is 9.23. The molecule has 0 aliphatic carbocycles. The molecule has 17 heavy (non-hydrogen) atoms. The number of aliphatic carboxylic acids is 1. The predicted octanol–water partition coefficient (Wildman–Crippen LogP) is 4.46. The number of carboxylic acids is 1. The quantitative estimate of drug-likeness (QED) is 0.787. The molecule has 2 nitrogen and oxygen atoms in total. The van der Waals surface area contributed by atoms with Gasteiger partial charge in [-0.2, -0.15) is 0 Å². The fourth-order valence-electron chi connectivity index (χ4n) is 1.42. The number of aryl methyl sites for hydroxylation is 1. The van der Waals surface area contributed by atoms with E-state index < -0.39 is 5.97 Å². The van der Waals surface area contributed by atoms with Gasteiger partial charge in [0.15, 0.2) is 0 Å². The highest BCUT2D eigenvalue weighted by atomic mass is 79.9. The van der Waals surface area contributed by atoms with Crippen LogP contribution < -0.4 is 0 Å². The van der Waals surface area contributed by atoms with Gasteiger partial charge >= 0.3 is 5.97 Å². The third-order valence-electron chi connectivity index (χ3n) is 2.28. The number of hydrogen-bond donors (Lipinski definition) is 1. The molecule has 0 heterocycles. The molecule has 0 amide bonds. The molecule has 0 aliphatic rings. The topological polar surface area (TPSA) is 37.3 Å². The molecule has 0 atom stereocenters. The van der Waals surface area contributed by atoms with Crippen LogP contribution in [0.3, 0.4) is 0 Å². The predicted molar refractivity (Wildman–Crippen MR) is 73.5 cm³/mol. The zero-order valence-corrected chi connectivity index (χ0v) is 11.7. The first kappa shape index (κ1) is 14.3. The van der Waals surface area contributed by atoms with Crippen molar-refractivity contribution in [2.24, 2.45) is 0 Å². The number of carbonyl (C=O) groups is 1. The van der Waals surface area contributed by atoms with Crippen molar-refractivity contribution in [3.8, 4) is 0 Å². The summed E-state index contributed by atoms with van der Waals surface area (Å²) in [7, 11) is 0. The van der Waals surface area contributed by atoms with Gasteiger partial charge in [-0.1, -0.05) is 39.7 Å². The number of allylic oxidation sites excluding steroid dienone is 2. The van der Waals surface area contributed by atoms with Crippen molar-refractivity contribution in [3.63, 3.8) is 0 Å². The van der Waals surface area contributed by atoms with Crippen molar-refractivity contribution in [2.45, 2.75) is 25.7 Å². The lowest BCUT2D eigenvalue weighted by Gasteiger charge is -2.02. The van der Waals surface area contributed by atoms with Crippen LogP contribution in [0.15, 0.2) is 34.8 Å². The highest BCUT2D eigenvalue weighted by Gasteiger charge is 1.99. The number of rotatable bonds is 6. The van der Waals surface area contributed by atoms with Crippen molar-refractivity contribution >= 4 is 33.5 Å². The molecule has 0 spiro atoms. The van der Waals surface area contributed by atoms with E-state index in [0.29, 0.717) is 6.42 Å². The van der Waals surface area contributed by atoms with Gasteiger partial charge in [-0.3, -0.25) is 4.79 Å². The molecule has 0 fully saturated rings. The van der Waals surface area contributed by atoms with Crippen molar-refractivity contribution in [3.05, 3.63) is 45.4 Å². The fraction of sp³-hybridized carbons (Fsp3) is 0.308. The van der Waals surface area contributed by atoms with Crippen LogP contribution in [0, 0.1) is 0 Å². The molecule has 1 aromatic carbocycles. The Morgan fingerprint density at radius 1 is 1.35 bits per heavy atom. The Labute approximate surface area is 114 Å². The molecule has 0 aliphatic heterocycles. The molecule has 92 valence electrons. The number of hydrogen-bond acceptors (Lipinski definition) is 1. The summed E-state index contributed by atoms with van der Waals surface area (Å²) in [6.07, 6.45) is 6.41. The Morgan fingerprint density at radius 3 is 2.76 bits per heavy atom. The lowest BCUT2D eigenvalue weighted by Crippen LogP contribution is -1.91. The van der Waals surface area contributed by atoms with E-state index in [1.807, 2.05) is 30.4 Å².